The van der Waals surface area contributed by atoms with Gasteiger partial charge in [0.2, 0.25) is 0 Å². The monoisotopic (exact) mass is 232 g/mol. The summed E-state index contributed by atoms with van der Waals surface area (Å²) in [6, 6.07) is 7.86. The van der Waals surface area contributed by atoms with Crippen LogP contribution in [0.3, 0.4) is 0 Å². The Hall–Kier alpha value is -2.17. The molecule has 0 saturated heterocycles. The fraction of sp³-hybridized carbons (Fsp3) is 0.250. The Kier molecular flexibility index (Phi) is 3.18. The molecule has 0 saturated carbocycles. The molecule has 2 rings (SSSR count). The molecule has 0 unspecified atom stereocenters. The molecule has 4 N–H and O–H groups in total. The summed E-state index contributed by atoms with van der Waals surface area (Å²) in [6.07, 6.45) is 0. The highest BCUT2D eigenvalue weighted by molar-refractivity contribution is 5.57. The molecule has 0 radical (unpaired) electrons. The average molecular weight is 232 g/mol. The maximum Gasteiger partial charge on any atom is 0.169 e. The smallest absolute Gasteiger partial charge is 0.169 e. The van der Waals surface area contributed by atoms with Gasteiger partial charge in [0, 0.05) is 6.54 Å². The third-order valence-electron chi connectivity index (χ3n) is 2.44. The van der Waals surface area contributed by atoms with Crippen LogP contribution in [0.4, 0.5) is 11.6 Å². The molecule has 90 valence electrons. The van der Waals surface area contributed by atoms with Gasteiger partial charge in [-0.2, -0.15) is 0 Å². The standard InChI is InChI=1S/C12H16N4O/c1-8-15-11(13)12(16-8)14-7-9-4-3-5-10(6-9)17-2/h3-6,14H,7,13H2,1-2H3,(H,15,16). The van der Waals surface area contributed by atoms with Gasteiger partial charge in [-0.15, -0.1) is 0 Å². The van der Waals surface area contributed by atoms with Gasteiger partial charge >= 0.3 is 0 Å². The predicted octanol–water partition coefficient (Wildman–Crippen LogP) is 1.92. The highest BCUT2D eigenvalue weighted by Gasteiger charge is 2.04. The van der Waals surface area contributed by atoms with E-state index >= 15 is 0 Å². The number of aryl methyl sites for hydroxylation is 1. The Morgan fingerprint density at radius 3 is 2.94 bits per heavy atom. The first-order valence-corrected chi connectivity index (χ1v) is 5.38. The number of nitrogens with one attached hydrogen (secondary N) is 2. The highest BCUT2D eigenvalue weighted by Crippen LogP contribution is 2.17. The fourth-order valence-electron chi connectivity index (χ4n) is 1.61. The Labute approximate surface area is 100 Å². The number of anilines is 2. The summed E-state index contributed by atoms with van der Waals surface area (Å²) in [5, 5.41) is 3.18. The molecule has 2 aromatic rings. The van der Waals surface area contributed by atoms with Gasteiger partial charge in [-0.25, -0.2) is 4.98 Å². The molecule has 5 heteroatoms. The van der Waals surface area contributed by atoms with Gasteiger partial charge < -0.3 is 20.8 Å². The van der Waals surface area contributed by atoms with Crippen LogP contribution < -0.4 is 15.8 Å². The number of aromatic amines is 1. The van der Waals surface area contributed by atoms with E-state index in [1.807, 2.05) is 31.2 Å². The topological polar surface area (TPSA) is 76.0 Å². The molecule has 0 aliphatic rings. The minimum Gasteiger partial charge on any atom is -0.497 e. The number of nitrogens with two attached hydrogens (primary N) is 1. The molecule has 1 aromatic heterocycles. The number of nitrogens with zero attached hydrogens (tertiary/aromatic N) is 1. The van der Waals surface area contributed by atoms with Crippen molar-refractivity contribution < 1.29 is 4.74 Å². The van der Waals surface area contributed by atoms with Crippen LogP contribution in [0, 0.1) is 6.92 Å². The number of nitrogen functional groups attached to an aromatic ring is 1. The van der Waals surface area contributed by atoms with E-state index in [0.29, 0.717) is 18.2 Å². The van der Waals surface area contributed by atoms with Crippen LogP contribution in [0.1, 0.15) is 11.4 Å². The average Bonchev–Trinajstić information content (AvgIpc) is 2.65. The van der Waals surface area contributed by atoms with Crippen molar-refractivity contribution in [2.75, 3.05) is 18.2 Å². The van der Waals surface area contributed by atoms with Crippen molar-refractivity contribution in [2.45, 2.75) is 13.5 Å². The van der Waals surface area contributed by atoms with E-state index in [-0.39, 0.29) is 0 Å². The van der Waals surface area contributed by atoms with Gasteiger partial charge in [-0.1, -0.05) is 12.1 Å². The number of rotatable bonds is 4. The lowest BCUT2D eigenvalue weighted by Crippen LogP contribution is -2.02. The number of benzene rings is 1. The second kappa shape index (κ2) is 4.78. The zero-order valence-electron chi connectivity index (χ0n) is 9.95. The van der Waals surface area contributed by atoms with E-state index in [4.69, 9.17) is 10.5 Å². The zero-order valence-corrected chi connectivity index (χ0v) is 9.95. The lowest BCUT2D eigenvalue weighted by atomic mass is 10.2. The van der Waals surface area contributed by atoms with Crippen LogP contribution in [0.5, 0.6) is 5.75 Å². The van der Waals surface area contributed by atoms with Crippen molar-refractivity contribution in [3.8, 4) is 5.75 Å². The van der Waals surface area contributed by atoms with Crippen molar-refractivity contribution in [2.24, 2.45) is 0 Å². The van der Waals surface area contributed by atoms with Gasteiger partial charge in [-0.05, 0) is 24.6 Å². The molecular weight excluding hydrogens is 216 g/mol. The summed E-state index contributed by atoms with van der Waals surface area (Å²) < 4.78 is 5.16. The number of ether oxygens (including phenoxy) is 1. The van der Waals surface area contributed by atoms with Crippen molar-refractivity contribution in [3.05, 3.63) is 35.7 Å². The minimum absolute atomic E-state index is 0.561. The molecule has 0 amide bonds. The largest absolute Gasteiger partial charge is 0.497 e. The quantitative estimate of drug-likeness (QED) is 0.752. The van der Waals surface area contributed by atoms with Crippen molar-refractivity contribution in [1.82, 2.24) is 9.97 Å². The van der Waals surface area contributed by atoms with Gasteiger partial charge in [-0.3, -0.25) is 0 Å². The zero-order chi connectivity index (χ0) is 12.3. The summed E-state index contributed by atoms with van der Waals surface area (Å²) in [5.74, 6) is 2.89. The SMILES string of the molecule is COc1cccc(CNc2nc(C)[nH]c2N)c1. The first-order valence-electron chi connectivity index (χ1n) is 5.38. The van der Waals surface area contributed by atoms with Crippen LogP contribution in [0.15, 0.2) is 24.3 Å². The Balaban J connectivity index is 2.04. The lowest BCUT2D eigenvalue weighted by molar-refractivity contribution is 0.414. The molecule has 0 fully saturated rings. The molecule has 1 heterocycles. The van der Waals surface area contributed by atoms with Crippen molar-refractivity contribution in [3.63, 3.8) is 0 Å². The number of hydrogen-bond acceptors (Lipinski definition) is 4. The Morgan fingerprint density at radius 1 is 1.47 bits per heavy atom. The molecule has 0 spiro atoms. The number of imidazole rings is 1. The highest BCUT2D eigenvalue weighted by atomic mass is 16.5. The molecule has 5 nitrogen and oxygen atoms in total. The number of hydrogen-bond donors (Lipinski definition) is 3. The van der Waals surface area contributed by atoms with E-state index in [1.54, 1.807) is 7.11 Å². The second-order valence-electron chi connectivity index (χ2n) is 3.79. The normalized spacial score (nSPS) is 10.2. The summed E-state index contributed by atoms with van der Waals surface area (Å²) >= 11 is 0. The molecule has 1 aromatic carbocycles. The summed E-state index contributed by atoms with van der Waals surface area (Å²) in [7, 11) is 1.65. The van der Waals surface area contributed by atoms with Crippen molar-refractivity contribution >= 4 is 11.6 Å². The van der Waals surface area contributed by atoms with E-state index in [1.165, 1.54) is 0 Å². The third kappa shape index (κ3) is 2.69. The van der Waals surface area contributed by atoms with Crippen LogP contribution in [-0.2, 0) is 6.54 Å². The van der Waals surface area contributed by atoms with Gasteiger partial charge in [0.25, 0.3) is 0 Å². The lowest BCUT2D eigenvalue weighted by Gasteiger charge is -2.06. The molecule has 0 aliphatic heterocycles. The third-order valence-corrected chi connectivity index (χ3v) is 2.44. The number of H-pyrrole nitrogens is 1. The van der Waals surface area contributed by atoms with E-state index in [9.17, 15) is 0 Å². The van der Waals surface area contributed by atoms with E-state index in [2.05, 4.69) is 15.3 Å². The first-order chi connectivity index (χ1) is 8.19. The van der Waals surface area contributed by atoms with Crippen molar-refractivity contribution in [1.29, 1.82) is 0 Å². The summed E-state index contributed by atoms with van der Waals surface area (Å²) in [6.45, 7) is 2.53. The molecule has 0 bridgehead atoms. The predicted molar refractivity (Wildman–Crippen MR) is 68.1 cm³/mol. The fourth-order valence-corrected chi connectivity index (χ4v) is 1.61. The van der Waals surface area contributed by atoms with Crippen LogP contribution in [0.2, 0.25) is 0 Å². The summed E-state index contributed by atoms with van der Waals surface area (Å²) in [5.41, 5.74) is 6.87. The molecular formula is C12H16N4O. The van der Waals surface area contributed by atoms with Gasteiger partial charge in [0.05, 0.1) is 7.11 Å². The maximum absolute atomic E-state index is 5.76. The number of methoxy groups -OCH3 is 1. The molecule has 0 atom stereocenters. The Morgan fingerprint density at radius 2 is 2.29 bits per heavy atom. The minimum atomic E-state index is 0.561. The maximum atomic E-state index is 5.76. The van der Waals surface area contributed by atoms with E-state index in [0.717, 1.165) is 17.1 Å². The van der Waals surface area contributed by atoms with Crippen LogP contribution >= 0.6 is 0 Å². The molecule has 0 aliphatic carbocycles. The van der Waals surface area contributed by atoms with Crippen LogP contribution in [0.25, 0.3) is 0 Å². The first kappa shape index (κ1) is 11.3. The van der Waals surface area contributed by atoms with Gasteiger partial charge in [0.1, 0.15) is 17.4 Å². The Bertz CT molecular complexity index is 507. The second-order valence-corrected chi connectivity index (χ2v) is 3.79. The summed E-state index contributed by atoms with van der Waals surface area (Å²) in [4.78, 5) is 7.19. The van der Waals surface area contributed by atoms with Crippen LogP contribution in [-0.4, -0.2) is 17.1 Å². The number of aromatic nitrogens is 2. The van der Waals surface area contributed by atoms with Gasteiger partial charge in [0.15, 0.2) is 5.82 Å². The van der Waals surface area contributed by atoms with E-state index < -0.39 is 0 Å². The molecule has 17 heavy (non-hydrogen) atoms.